The van der Waals surface area contributed by atoms with Gasteiger partial charge in [0.2, 0.25) is 5.71 Å². The van der Waals surface area contributed by atoms with Gasteiger partial charge in [0.15, 0.2) is 9.83 Å². The van der Waals surface area contributed by atoms with Crippen molar-refractivity contribution in [2.75, 3.05) is 6.26 Å². The Morgan fingerprint density at radius 3 is 2.65 bits per heavy atom. The van der Waals surface area contributed by atoms with E-state index in [1.54, 1.807) is 11.6 Å². The molecule has 3 aromatic rings. The molecule has 20 heavy (non-hydrogen) atoms. The Balaban J connectivity index is 2.43. The minimum absolute atomic E-state index is 0.104. The normalized spacial score (nSPS) is 11.2. The van der Waals surface area contributed by atoms with Crippen molar-refractivity contribution in [3.63, 3.8) is 0 Å². The lowest BCUT2D eigenvalue weighted by Gasteiger charge is -2.04. The SMILES string of the molecule is CSc1nc2oc(Br)c(-c3ccccc3)c2c(=O)n1C. The molecular formula is C14H11BrN2O2S. The largest absolute Gasteiger partial charge is 0.430 e. The summed E-state index contributed by atoms with van der Waals surface area (Å²) < 4.78 is 7.68. The van der Waals surface area contributed by atoms with Crippen molar-refractivity contribution >= 4 is 38.8 Å². The van der Waals surface area contributed by atoms with E-state index in [0.717, 1.165) is 11.1 Å². The summed E-state index contributed by atoms with van der Waals surface area (Å²) in [5.41, 5.74) is 1.94. The Bertz CT molecular complexity index is 840. The molecule has 0 unspecified atom stereocenters. The lowest BCUT2D eigenvalue weighted by atomic mass is 10.1. The van der Waals surface area contributed by atoms with Crippen LogP contribution in [0.15, 0.2) is 49.4 Å². The molecule has 4 nitrogen and oxygen atoms in total. The second-order valence-electron chi connectivity index (χ2n) is 4.26. The van der Waals surface area contributed by atoms with Gasteiger partial charge in [-0.25, -0.2) is 0 Å². The Kier molecular flexibility index (Phi) is 3.43. The van der Waals surface area contributed by atoms with Crippen LogP contribution < -0.4 is 5.56 Å². The summed E-state index contributed by atoms with van der Waals surface area (Å²) in [5, 5.41) is 1.13. The molecule has 0 saturated heterocycles. The van der Waals surface area contributed by atoms with Crippen LogP contribution in [-0.2, 0) is 7.05 Å². The molecule has 0 fully saturated rings. The number of rotatable bonds is 2. The standard InChI is InChI=1S/C14H11BrN2O2S/c1-17-13(18)10-9(8-6-4-3-5-7-8)11(15)19-12(10)16-14(17)20-2/h3-7H,1-2H3. The Morgan fingerprint density at radius 1 is 1.30 bits per heavy atom. The van der Waals surface area contributed by atoms with Crippen LogP contribution >= 0.6 is 27.7 Å². The topological polar surface area (TPSA) is 48.0 Å². The molecule has 0 aliphatic rings. The van der Waals surface area contributed by atoms with E-state index in [1.807, 2.05) is 36.6 Å². The fourth-order valence-corrected chi connectivity index (χ4v) is 3.24. The molecule has 0 aliphatic heterocycles. The molecule has 3 rings (SSSR count). The molecular weight excluding hydrogens is 340 g/mol. The molecule has 1 aromatic carbocycles. The van der Waals surface area contributed by atoms with E-state index < -0.39 is 0 Å². The molecule has 2 aromatic heterocycles. The lowest BCUT2D eigenvalue weighted by Crippen LogP contribution is -2.19. The van der Waals surface area contributed by atoms with Crippen LogP contribution in [0.2, 0.25) is 0 Å². The third-order valence-corrected chi connectivity index (χ3v) is 4.38. The van der Waals surface area contributed by atoms with Crippen molar-refractivity contribution in [2.45, 2.75) is 5.16 Å². The van der Waals surface area contributed by atoms with Crippen molar-refractivity contribution in [1.82, 2.24) is 9.55 Å². The molecule has 0 radical (unpaired) electrons. The smallest absolute Gasteiger partial charge is 0.265 e. The number of halogens is 1. The van der Waals surface area contributed by atoms with Crippen molar-refractivity contribution in [3.05, 3.63) is 45.4 Å². The highest BCUT2D eigenvalue weighted by Gasteiger charge is 2.20. The van der Waals surface area contributed by atoms with Gasteiger partial charge in [0.1, 0.15) is 5.39 Å². The molecule has 0 aliphatic carbocycles. The first-order valence-electron chi connectivity index (χ1n) is 5.92. The third kappa shape index (κ3) is 1.99. The van der Waals surface area contributed by atoms with E-state index in [9.17, 15) is 4.79 Å². The monoisotopic (exact) mass is 350 g/mol. The van der Waals surface area contributed by atoms with Crippen LogP contribution in [0, 0.1) is 0 Å². The maximum atomic E-state index is 12.5. The lowest BCUT2D eigenvalue weighted by molar-refractivity contribution is 0.565. The Labute approximate surface area is 127 Å². The van der Waals surface area contributed by atoms with Crippen molar-refractivity contribution in [3.8, 4) is 11.1 Å². The third-order valence-electron chi connectivity index (χ3n) is 3.09. The zero-order valence-electron chi connectivity index (χ0n) is 10.9. The number of fused-ring (bicyclic) bond motifs is 1. The summed E-state index contributed by atoms with van der Waals surface area (Å²) in [7, 11) is 1.72. The average Bonchev–Trinajstić information content (AvgIpc) is 2.80. The zero-order valence-corrected chi connectivity index (χ0v) is 13.3. The predicted molar refractivity (Wildman–Crippen MR) is 84.2 cm³/mol. The van der Waals surface area contributed by atoms with Crippen LogP contribution in [0.5, 0.6) is 0 Å². The van der Waals surface area contributed by atoms with Crippen molar-refractivity contribution in [1.29, 1.82) is 0 Å². The minimum Gasteiger partial charge on any atom is -0.430 e. The highest BCUT2D eigenvalue weighted by atomic mass is 79.9. The van der Waals surface area contributed by atoms with Gasteiger partial charge in [0.25, 0.3) is 5.56 Å². The second kappa shape index (κ2) is 5.10. The fourth-order valence-electron chi connectivity index (χ4n) is 2.13. The number of nitrogens with zero attached hydrogens (tertiary/aromatic N) is 2. The first-order chi connectivity index (χ1) is 9.63. The molecule has 102 valence electrons. The van der Waals surface area contributed by atoms with Gasteiger partial charge in [-0.2, -0.15) is 4.98 Å². The van der Waals surface area contributed by atoms with Crippen LogP contribution in [0.25, 0.3) is 22.2 Å². The molecule has 0 spiro atoms. The van der Waals surface area contributed by atoms with E-state index in [2.05, 4.69) is 20.9 Å². The summed E-state index contributed by atoms with van der Waals surface area (Å²) in [4.78, 5) is 16.9. The maximum Gasteiger partial charge on any atom is 0.265 e. The quantitative estimate of drug-likeness (QED) is 0.522. The van der Waals surface area contributed by atoms with E-state index in [4.69, 9.17) is 4.42 Å². The number of hydrogen-bond acceptors (Lipinski definition) is 4. The minimum atomic E-state index is -0.104. The van der Waals surface area contributed by atoms with E-state index >= 15 is 0 Å². The van der Waals surface area contributed by atoms with Gasteiger partial charge in [0.05, 0.1) is 5.56 Å². The van der Waals surface area contributed by atoms with E-state index in [1.165, 1.54) is 11.8 Å². The van der Waals surface area contributed by atoms with Crippen LogP contribution in [0.4, 0.5) is 0 Å². The predicted octanol–water partition coefficient (Wildman–Crippen LogP) is 3.68. The van der Waals surface area contributed by atoms with Crippen molar-refractivity contribution in [2.24, 2.45) is 7.05 Å². The number of aromatic nitrogens is 2. The Morgan fingerprint density at radius 2 is 2.00 bits per heavy atom. The molecule has 0 saturated carbocycles. The van der Waals surface area contributed by atoms with Gasteiger partial charge in [-0.1, -0.05) is 42.1 Å². The van der Waals surface area contributed by atoms with Gasteiger partial charge in [-0.15, -0.1) is 0 Å². The van der Waals surface area contributed by atoms with Crippen LogP contribution in [-0.4, -0.2) is 15.8 Å². The van der Waals surface area contributed by atoms with Gasteiger partial charge in [-0.05, 0) is 27.7 Å². The number of furan rings is 1. The van der Waals surface area contributed by atoms with Gasteiger partial charge >= 0.3 is 0 Å². The highest BCUT2D eigenvalue weighted by molar-refractivity contribution is 9.10. The molecule has 2 heterocycles. The van der Waals surface area contributed by atoms with Gasteiger partial charge in [-0.3, -0.25) is 9.36 Å². The maximum absolute atomic E-state index is 12.5. The molecule has 0 N–H and O–H groups in total. The average molecular weight is 351 g/mol. The Hall–Kier alpha value is -1.53. The molecule has 0 atom stereocenters. The number of hydrogen-bond donors (Lipinski definition) is 0. The zero-order chi connectivity index (χ0) is 14.3. The van der Waals surface area contributed by atoms with E-state index in [0.29, 0.717) is 20.9 Å². The van der Waals surface area contributed by atoms with Gasteiger partial charge in [0, 0.05) is 7.05 Å². The van der Waals surface area contributed by atoms with Crippen LogP contribution in [0.3, 0.4) is 0 Å². The van der Waals surface area contributed by atoms with Gasteiger partial charge < -0.3 is 4.42 Å². The van der Waals surface area contributed by atoms with Crippen LogP contribution in [0.1, 0.15) is 0 Å². The highest BCUT2D eigenvalue weighted by Crippen LogP contribution is 2.36. The first-order valence-corrected chi connectivity index (χ1v) is 7.93. The number of thioether (sulfide) groups is 1. The molecule has 0 amide bonds. The molecule has 0 bridgehead atoms. The summed E-state index contributed by atoms with van der Waals surface area (Å²) in [6.07, 6.45) is 1.88. The fraction of sp³-hybridized carbons (Fsp3) is 0.143. The number of benzene rings is 1. The summed E-state index contributed by atoms with van der Waals surface area (Å²) in [5.74, 6) is 0. The first kappa shape index (κ1) is 13.5. The van der Waals surface area contributed by atoms with E-state index in [-0.39, 0.29) is 5.56 Å². The summed E-state index contributed by atoms with van der Waals surface area (Å²) in [6, 6.07) is 9.67. The van der Waals surface area contributed by atoms with Crippen molar-refractivity contribution < 1.29 is 4.42 Å². The summed E-state index contributed by atoms with van der Waals surface area (Å²) in [6.45, 7) is 0. The second-order valence-corrected chi connectivity index (χ2v) is 5.75. The molecule has 6 heteroatoms. The summed E-state index contributed by atoms with van der Waals surface area (Å²) >= 11 is 4.80.